The number of hydrogen-bond donors (Lipinski definition) is 0. The number of hydrogen-bond acceptors (Lipinski definition) is 0. The predicted molar refractivity (Wildman–Crippen MR) is 59.1 cm³/mol. The van der Waals surface area contributed by atoms with Crippen molar-refractivity contribution in [2.45, 2.75) is 13.3 Å². The first-order valence-corrected chi connectivity index (χ1v) is 6.42. The predicted octanol–water partition coefficient (Wildman–Crippen LogP) is -3.25. The molecule has 17 heavy (non-hydrogen) atoms. The van der Waals surface area contributed by atoms with Gasteiger partial charge in [0.05, 0.1) is 0 Å². The SMILES string of the molecule is Cc1[c]([Zr+2])ccc2c1Cc1ccccc1-2.[Cl-].[Cl-]. The number of rotatable bonds is 0. The van der Waals surface area contributed by atoms with Gasteiger partial charge in [0.25, 0.3) is 0 Å². The van der Waals surface area contributed by atoms with Crippen LogP contribution < -0.4 is 28.1 Å². The van der Waals surface area contributed by atoms with E-state index in [1.165, 1.54) is 50.2 Å². The molecule has 2 aromatic carbocycles. The molecule has 0 bridgehead atoms. The molecule has 0 radical (unpaired) electrons. The molecule has 0 saturated heterocycles. The minimum absolute atomic E-state index is 0. The summed E-state index contributed by atoms with van der Waals surface area (Å²) in [6.45, 7) is 2.26. The van der Waals surface area contributed by atoms with Crippen molar-refractivity contribution >= 4 is 3.27 Å². The van der Waals surface area contributed by atoms with E-state index in [2.05, 4.69) is 43.3 Å². The smallest absolute Gasteiger partial charge is 1.00 e. The largest absolute Gasteiger partial charge is 1.00 e. The van der Waals surface area contributed by atoms with E-state index in [1.807, 2.05) is 0 Å². The van der Waals surface area contributed by atoms with Gasteiger partial charge in [0.1, 0.15) is 0 Å². The summed E-state index contributed by atoms with van der Waals surface area (Å²) in [6.07, 6.45) is 1.12. The van der Waals surface area contributed by atoms with Gasteiger partial charge < -0.3 is 24.8 Å². The van der Waals surface area contributed by atoms with Crippen LogP contribution in [-0.2, 0) is 31.1 Å². The van der Waals surface area contributed by atoms with E-state index in [0.29, 0.717) is 0 Å². The maximum atomic E-state index is 2.29. The molecule has 3 rings (SSSR count). The Kier molecular flexibility index (Phi) is 5.01. The minimum Gasteiger partial charge on any atom is -1.00 e. The molecule has 0 saturated carbocycles. The molecule has 3 heteroatoms. The molecular formula is C14H11Cl2Zr. The first-order chi connectivity index (χ1) is 7.27. The van der Waals surface area contributed by atoms with Gasteiger partial charge in [-0.25, -0.2) is 0 Å². The normalized spacial score (nSPS) is 11.0. The van der Waals surface area contributed by atoms with Crippen LogP contribution in [0.15, 0.2) is 36.4 Å². The zero-order valence-corrected chi connectivity index (χ0v) is 13.4. The van der Waals surface area contributed by atoms with Gasteiger partial charge in [-0.1, -0.05) is 0 Å². The maximum Gasteiger partial charge on any atom is -1.00 e. The molecule has 0 nitrogen and oxygen atoms in total. The van der Waals surface area contributed by atoms with Gasteiger partial charge in [-0.15, -0.1) is 0 Å². The first kappa shape index (κ1) is 15.0. The summed E-state index contributed by atoms with van der Waals surface area (Å²) in [7, 11) is 0. The summed E-state index contributed by atoms with van der Waals surface area (Å²) in [5.41, 5.74) is 7.42. The Morgan fingerprint density at radius 3 is 2.41 bits per heavy atom. The monoisotopic (exact) mass is 339 g/mol. The van der Waals surface area contributed by atoms with Gasteiger partial charge in [-0.2, -0.15) is 0 Å². The first-order valence-electron chi connectivity index (χ1n) is 5.20. The Morgan fingerprint density at radius 1 is 0.941 bits per heavy atom. The van der Waals surface area contributed by atoms with E-state index in [1.54, 1.807) is 5.56 Å². The summed E-state index contributed by atoms with van der Waals surface area (Å²) in [5, 5.41) is 0. The van der Waals surface area contributed by atoms with Crippen molar-refractivity contribution in [1.82, 2.24) is 0 Å². The van der Waals surface area contributed by atoms with Crippen LogP contribution in [0.5, 0.6) is 0 Å². The van der Waals surface area contributed by atoms with Crippen molar-refractivity contribution in [3.05, 3.63) is 53.1 Å². The molecule has 85 valence electrons. The van der Waals surface area contributed by atoms with Crippen LogP contribution in [0.2, 0.25) is 0 Å². The molecule has 0 atom stereocenters. The fourth-order valence-electron chi connectivity index (χ4n) is 2.36. The third-order valence-corrected chi connectivity index (χ3v) is 4.60. The summed E-state index contributed by atoms with van der Waals surface area (Å²) >= 11 is 1.52. The van der Waals surface area contributed by atoms with Crippen LogP contribution in [0.1, 0.15) is 16.7 Å². The molecule has 0 heterocycles. The van der Waals surface area contributed by atoms with Gasteiger partial charge in [0.2, 0.25) is 0 Å². The van der Waals surface area contributed by atoms with Gasteiger partial charge in [-0.3, -0.25) is 0 Å². The fraction of sp³-hybridized carbons (Fsp3) is 0.143. The van der Waals surface area contributed by atoms with Gasteiger partial charge in [0, 0.05) is 0 Å². The molecule has 0 aromatic heterocycles. The Labute approximate surface area is 129 Å². The molecule has 0 N–H and O–H groups in total. The third-order valence-electron chi connectivity index (χ3n) is 3.27. The van der Waals surface area contributed by atoms with Gasteiger partial charge >= 0.3 is 106 Å². The van der Waals surface area contributed by atoms with E-state index in [9.17, 15) is 0 Å². The molecule has 2 aromatic rings. The van der Waals surface area contributed by atoms with Crippen LogP contribution in [0, 0.1) is 6.92 Å². The van der Waals surface area contributed by atoms with Crippen molar-refractivity contribution in [2.24, 2.45) is 0 Å². The number of fused-ring (bicyclic) bond motifs is 3. The second-order valence-corrected chi connectivity index (χ2v) is 5.42. The van der Waals surface area contributed by atoms with E-state index in [4.69, 9.17) is 0 Å². The van der Waals surface area contributed by atoms with Gasteiger partial charge in [0.15, 0.2) is 0 Å². The quantitative estimate of drug-likeness (QED) is 0.403. The van der Waals surface area contributed by atoms with Crippen LogP contribution in [0.4, 0.5) is 0 Å². The number of benzene rings is 2. The molecule has 0 fully saturated rings. The summed E-state index contributed by atoms with van der Waals surface area (Å²) in [5.74, 6) is 0. The number of halogens is 2. The van der Waals surface area contributed by atoms with E-state index >= 15 is 0 Å². The van der Waals surface area contributed by atoms with Crippen molar-refractivity contribution in [1.29, 1.82) is 0 Å². The Bertz CT molecular complexity index is 550. The average Bonchev–Trinajstić information content (AvgIpc) is 2.63. The Morgan fingerprint density at radius 2 is 1.65 bits per heavy atom. The summed E-state index contributed by atoms with van der Waals surface area (Å²) < 4.78 is 1.49. The molecule has 0 amide bonds. The van der Waals surface area contributed by atoms with Crippen molar-refractivity contribution in [3.63, 3.8) is 0 Å². The van der Waals surface area contributed by atoms with Crippen LogP contribution in [0.3, 0.4) is 0 Å². The van der Waals surface area contributed by atoms with Crippen molar-refractivity contribution in [2.75, 3.05) is 0 Å². The van der Waals surface area contributed by atoms with E-state index in [0.717, 1.165) is 6.42 Å². The molecular weight excluding hydrogens is 330 g/mol. The second-order valence-electron chi connectivity index (χ2n) is 4.10. The zero-order valence-electron chi connectivity index (χ0n) is 9.43. The molecule has 0 spiro atoms. The topological polar surface area (TPSA) is 0 Å². The maximum absolute atomic E-state index is 2.29. The second kappa shape index (κ2) is 5.70. The zero-order chi connectivity index (χ0) is 10.4. The fourth-order valence-corrected chi connectivity index (χ4v) is 2.94. The molecule has 1 aliphatic rings. The molecule has 1 aliphatic carbocycles. The van der Waals surface area contributed by atoms with Crippen LogP contribution >= 0.6 is 0 Å². The van der Waals surface area contributed by atoms with Gasteiger partial charge in [-0.05, 0) is 0 Å². The third kappa shape index (κ3) is 2.38. The Hall–Kier alpha value is -0.0969. The summed E-state index contributed by atoms with van der Waals surface area (Å²) in [6, 6.07) is 13.3. The van der Waals surface area contributed by atoms with E-state index < -0.39 is 0 Å². The molecule has 0 aliphatic heterocycles. The molecule has 0 unspecified atom stereocenters. The minimum atomic E-state index is 0. The van der Waals surface area contributed by atoms with E-state index in [-0.39, 0.29) is 24.8 Å². The van der Waals surface area contributed by atoms with Crippen LogP contribution in [-0.4, -0.2) is 0 Å². The van der Waals surface area contributed by atoms with Crippen molar-refractivity contribution in [3.8, 4) is 11.1 Å². The van der Waals surface area contributed by atoms with Crippen molar-refractivity contribution < 1.29 is 49.5 Å². The average molecular weight is 341 g/mol. The van der Waals surface area contributed by atoms with Crippen LogP contribution in [0.25, 0.3) is 11.1 Å². The summed E-state index contributed by atoms with van der Waals surface area (Å²) in [4.78, 5) is 0. The Balaban J connectivity index is 0.000000722. The standard InChI is InChI=1S/C14H11.2ClH.Zr/c1-10-5-4-8-13-12-7-3-2-6-11(12)9-14(10)13;;;/h2-4,6-8H,9H2,1H3;2*1H;/q;;;+2/p-2.